The van der Waals surface area contributed by atoms with Crippen molar-refractivity contribution in [2.75, 3.05) is 11.9 Å². The molecule has 2 rings (SSSR count). The van der Waals surface area contributed by atoms with Crippen molar-refractivity contribution >= 4 is 34.0 Å². The van der Waals surface area contributed by atoms with Gasteiger partial charge in [-0.15, -0.1) is 10.2 Å². The SMILES string of the molecule is CCCCNc1nnc(SC(C)C(=O)c2ccccc2)s1. The van der Waals surface area contributed by atoms with Gasteiger partial charge in [0, 0.05) is 12.1 Å². The molecule has 1 aromatic carbocycles. The highest BCUT2D eigenvalue weighted by molar-refractivity contribution is 8.02. The summed E-state index contributed by atoms with van der Waals surface area (Å²) in [4.78, 5) is 12.3. The summed E-state index contributed by atoms with van der Waals surface area (Å²) in [5.74, 6) is 0.122. The van der Waals surface area contributed by atoms with Crippen LogP contribution in [0.25, 0.3) is 0 Å². The van der Waals surface area contributed by atoms with Crippen LogP contribution in [-0.4, -0.2) is 27.8 Å². The molecule has 1 N–H and O–H groups in total. The van der Waals surface area contributed by atoms with Crippen LogP contribution in [0.4, 0.5) is 5.13 Å². The Bertz CT molecular complexity index is 571. The Labute approximate surface area is 133 Å². The van der Waals surface area contributed by atoms with Crippen molar-refractivity contribution in [3.63, 3.8) is 0 Å². The lowest BCUT2D eigenvalue weighted by atomic mass is 10.1. The van der Waals surface area contributed by atoms with Crippen molar-refractivity contribution in [2.24, 2.45) is 0 Å². The number of thioether (sulfide) groups is 1. The van der Waals surface area contributed by atoms with E-state index in [0.717, 1.165) is 34.4 Å². The van der Waals surface area contributed by atoms with Gasteiger partial charge in [-0.25, -0.2) is 0 Å². The minimum Gasteiger partial charge on any atom is -0.360 e. The molecule has 0 bridgehead atoms. The molecule has 0 spiro atoms. The molecular weight excluding hydrogens is 302 g/mol. The molecule has 1 heterocycles. The van der Waals surface area contributed by atoms with Crippen molar-refractivity contribution in [1.29, 1.82) is 0 Å². The monoisotopic (exact) mass is 321 g/mol. The van der Waals surface area contributed by atoms with Crippen molar-refractivity contribution in [3.8, 4) is 0 Å². The van der Waals surface area contributed by atoms with Gasteiger partial charge < -0.3 is 5.32 Å². The third kappa shape index (κ3) is 4.82. The largest absolute Gasteiger partial charge is 0.360 e. The zero-order chi connectivity index (χ0) is 15.1. The maximum Gasteiger partial charge on any atom is 0.206 e. The van der Waals surface area contributed by atoms with Crippen molar-refractivity contribution in [2.45, 2.75) is 36.3 Å². The Hall–Kier alpha value is -1.40. The minimum atomic E-state index is -0.163. The smallest absolute Gasteiger partial charge is 0.206 e. The summed E-state index contributed by atoms with van der Waals surface area (Å²) in [5, 5.41) is 12.1. The highest BCUT2D eigenvalue weighted by Gasteiger charge is 2.18. The molecule has 21 heavy (non-hydrogen) atoms. The third-order valence-corrected chi connectivity index (χ3v) is 4.98. The number of unbranched alkanes of at least 4 members (excludes halogenated alkanes) is 1. The van der Waals surface area contributed by atoms with Crippen LogP contribution in [0.2, 0.25) is 0 Å². The number of nitrogens with one attached hydrogen (secondary N) is 1. The fraction of sp³-hybridized carbons (Fsp3) is 0.400. The second-order valence-corrected chi connectivity index (χ2v) is 7.21. The summed E-state index contributed by atoms with van der Waals surface area (Å²) in [7, 11) is 0. The zero-order valence-electron chi connectivity index (χ0n) is 12.2. The predicted octanol–water partition coefficient (Wildman–Crippen LogP) is 4.11. The van der Waals surface area contributed by atoms with Gasteiger partial charge in [-0.2, -0.15) is 0 Å². The number of benzene rings is 1. The van der Waals surface area contributed by atoms with Gasteiger partial charge in [0.15, 0.2) is 10.1 Å². The number of aromatic nitrogens is 2. The number of anilines is 1. The molecule has 112 valence electrons. The third-order valence-electron chi connectivity index (χ3n) is 2.92. The molecule has 0 amide bonds. The van der Waals surface area contributed by atoms with E-state index in [4.69, 9.17) is 0 Å². The van der Waals surface area contributed by atoms with E-state index in [9.17, 15) is 4.79 Å². The van der Waals surface area contributed by atoms with E-state index in [2.05, 4.69) is 22.4 Å². The molecular formula is C15H19N3OS2. The average Bonchev–Trinajstić information content (AvgIpc) is 2.95. The van der Waals surface area contributed by atoms with E-state index < -0.39 is 0 Å². The summed E-state index contributed by atoms with van der Waals surface area (Å²) >= 11 is 2.96. The lowest BCUT2D eigenvalue weighted by Gasteiger charge is -2.07. The van der Waals surface area contributed by atoms with Crippen LogP contribution >= 0.6 is 23.1 Å². The first-order chi connectivity index (χ1) is 10.2. The van der Waals surface area contributed by atoms with Crippen molar-refractivity contribution < 1.29 is 4.79 Å². The Balaban J connectivity index is 1.90. The minimum absolute atomic E-state index is 0.122. The van der Waals surface area contributed by atoms with Crippen LogP contribution in [-0.2, 0) is 0 Å². The standard InChI is InChI=1S/C15H19N3OS2/c1-3-4-10-16-14-17-18-15(21-14)20-11(2)13(19)12-8-6-5-7-9-12/h5-9,11H,3-4,10H2,1-2H3,(H,16,17). The van der Waals surface area contributed by atoms with Crippen LogP contribution in [0, 0.1) is 0 Å². The van der Waals surface area contributed by atoms with E-state index in [1.807, 2.05) is 37.3 Å². The first-order valence-corrected chi connectivity index (χ1v) is 8.73. The van der Waals surface area contributed by atoms with E-state index in [1.165, 1.54) is 23.1 Å². The molecule has 6 heteroatoms. The second kappa shape index (κ2) is 8.14. The molecule has 0 radical (unpaired) electrons. The van der Waals surface area contributed by atoms with Crippen LogP contribution in [0.3, 0.4) is 0 Å². The number of ketones is 1. The number of hydrogen-bond donors (Lipinski definition) is 1. The fourth-order valence-electron chi connectivity index (χ4n) is 1.74. The van der Waals surface area contributed by atoms with Gasteiger partial charge in [0.25, 0.3) is 0 Å². The first-order valence-electron chi connectivity index (χ1n) is 7.04. The Morgan fingerprint density at radius 2 is 2.10 bits per heavy atom. The summed E-state index contributed by atoms with van der Waals surface area (Å²) in [5.41, 5.74) is 0.739. The van der Waals surface area contributed by atoms with Gasteiger partial charge in [0.2, 0.25) is 5.13 Å². The normalized spacial score (nSPS) is 12.1. The summed E-state index contributed by atoms with van der Waals surface area (Å²) < 4.78 is 0.825. The lowest BCUT2D eigenvalue weighted by Crippen LogP contribution is -2.13. The number of hydrogen-bond acceptors (Lipinski definition) is 6. The van der Waals surface area contributed by atoms with E-state index >= 15 is 0 Å². The molecule has 1 unspecified atom stereocenters. The Morgan fingerprint density at radius 1 is 1.33 bits per heavy atom. The van der Waals surface area contributed by atoms with Crippen LogP contribution in [0.1, 0.15) is 37.0 Å². The highest BCUT2D eigenvalue weighted by atomic mass is 32.2. The predicted molar refractivity (Wildman–Crippen MR) is 89.4 cm³/mol. The van der Waals surface area contributed by atoms with Crippen LogP contribution < -0.4 is 5.32 Å². The second-order valence-electron chi connectivity index (χ2n) is 4.64. The summed E-state index contributed by atoms with van der Waals surface area (Å²) in [6.07, 6.45) is 2.26. The Kier molecular flexibility index (Phi) is 6.20. The van der Waals surface area contributed by atoms with Gasteiger partial charge >= 0.3 is 0 Å². The molecule has 0 saturated heterocycles. The van der Waals surface area contributed by atoms with Gasteiger partial charge in [0.05, 0.1) is 5.25 Å². The molecule has 0 aliphatic rings. The van der Waals surface area contributed by atoms with Gasteiger partial charge in [0.1, 0.15) is 0 Å². The topological polar surface area (TPSA) is 54.9 Å². The number of carbonyl (C=O) groups is 1. The Morgan fingerprint density at radius 3 is 2.81 bits per heavy atom. The maximum absolute atomic E-state index is 12.3. The first kappa shape index (κ1) is 16.0. The fourth-order valence-corrected chi connectivity index (χ4v) is 3.74. The number of nitrogens with zero attached hydrogens (tertiary/aromatic N) is 2. The van der Waals surface area contributed by atoms with E-state index in [1.54, 1.807) is 0 Å². The van der Waals surface area contributed by atoms with E-state index in [0.29, 0.717) is 0 Å². The molecule has 4 nitrogen and oxygen atoms in total. The molecule has 1 atom stereocenters. The zero-order valence-corrected chi connectivity index (χ0v) is 13.8. The van der Waals surface area contributed by atoms with E-state index in [-0.39, 0.29) is 11.0 Å². The van der Waals surface area contributed by atoms with Gasteiger partial charge in [-0.3, -0.25) is 4.79 Å². The highest BCUT2D eigenvalue weighted by Crippen LogP contribution is 2.30. The van der Waals surface area contributed by atoms with Crippen LogP contribution in [0.5, 0.6) is 0 Å². The summed E-state index contributed by atoms with van der Waals surface area (Å²) in [6, 6.07) is 9.36. The summed E-state index contributed by atoms with van der Waals surface area (Å²) in [6.45, 7) is 4.97. The average molecular weight is 321 g/mol. The quantitative estimate of drug-likeness (QED) is 0.450. The van der Waals surface area contributed by atoms with Gasteiger partial charge in [-0.05, 0) is 13.3 Å². The molecule has 0 aliphatic heterocycles. The number of Topliss-reactive ketones (excluding diaryl/α,β-unsaturated/α-hetero) is 1. The van der Waals surface area contributed by atoms with Crippen molar-refractivity contribution in [1.82, 2.24) is 10.2 Å². The molecule has 2 aromatic rings. The molecule has 1 aromatic heterocycles. The van der Waals surface area contributed by atoms with Crippen molar-refractivity contribution in [3.05, 3.63) is 35.9 Å². The number of rotatable bonds is 8. The molecule has 0 saturated carbocycles. The molecule has 0 aliphatic carbocycles. The van der Waals surface area contributed by atoms with Gasteiger partial charge in [-0.1, -0.05) is 66.8 Å². The maximum atomic E-state index is 12.3. The number of carbonyl (C=O) groups excluding carboxylic acids is 1. The molecule has 0 fully saturated rings. The lowest BCUT2D eigenvalue weighted by molar-refractivity contribution is 0.0994. The van der Waals surface area contributed by atoms with Crippen LogP contribution in [0.15, 0.2) is 34.7 Å².